The summed E-state index contributed by atoms with van der Waals surface area (Å²) in [6.07, 6.45) is 3.10. The average molecular weight is 370 g/mol. The van der Waals surface area contributed by atoms with Crippen LogP contribution < -0.4 is 4.74 Å². The minimum atomic E-state index is -0.213. The first-order valence-corrected chi connectivity index (χ1v) is 9.04. The number of aliphatic hydroxyl groups excluding tert-OH is 1. The number of rotatable bonds is 5. The summed E-state index contributed by atoms with van der Waals surface area (Å²) in [5.74, 6) is 1.07. The van der Waals surface area contributed by atoms with E-state index in [2.05, 4.69) is 9.80 Å². The van der Waals surface area contributed by atoms with E-state index in [0.717, 1.165) is 26.2 Å². The molecule has 0 unspecified atom stereocenters. The number of nitrogens with zero attached hydrogens (tertiary/aromatic N) is 2. The summed E-state index contributed by atoms with van der Waals surface area (Å²) >= 11 is 0. The van der Waals surface area contributed by atoms with Crippen LogP contribution in [0.5, 0.6) is 11.5 Å². The molecule has 0 radical (unpaired) electrons. The minimum Gasteiger partial charge on any atom is -0.507 e. The maximum Gasteiger partial charge on any atom is 0.232 e. The van der Waals surface area contributed by atoms with Crippen molar-refractivity contribution in [3.05, 3.63) is 53.2 Å². The Balaban J connectivity index is 1.54. The van der Waals surface area contributed by atoms with Crippen LogP contribution in [0.1, 0.15) is 21.7 Å². The number of phenolic OH excluding ortho intramolecular Hbond substituents is 1. The van der Waals surface area contributed by atoms with Crippen LogP contribution in [-0.4, -0.2) is 65.1 Å². The molecule has 2 aliphatic heterocycles. The quantitative estimate of drug-likeness (QED) is 0.775. The van der Waals surface area contributed by atoms with Crippen molar-refractivity contribution in [2.24, 2.45) is 0 Å². The molecule has 1 fully saturated rings. The molecule has 2 aromatic rings. The van der Waals surface area contributed by atoms with Gasteiger partial charge in [-0.3, -0.25) is 14.6 Å². The molecule has 0 bridgehead atoms. The Hall–Kier alpha value is -2.61. The number of carbonyl (C=O) groups is 1. The van der Waals surface area contributed by atoms with Gasteiger partial charge in [0.1, 0.15) is 17.3 Å². The number of ether oxygens (including phenoxy) is 1. The fourth-order valence-electron chi connectivity index (χ4n) is 3.49. The van der Waals surface area contributed by atoms with Crippen LogP contribution in [0, 0.1) is 0 Å². The van der Waals surface area contributed by atoms with Crippen LogP contribution in [0.15, 0.2) is 40.7 Å². The van der Waals surface area contributed by atoms with Gasteiger partial charge in [0, 0.05) is 45.3 Å². The van der Waals surface area contributed by atoms with Gasteiger partial charge < -0.3 is 19.4 Å². The molecule has 4 rings (SSSR count). The standard InChI is InChI=1S/C20H22N2O5/c23-10-9-21-5-7-22(8-6-21)13-16-17(24)4-3-15-19(25)18(27-20(15)16)12-14-2-1-11-26-14/h1-4,11-12,23-24H,5-10,13H2/b18-12-. The summed E-state index contributed by atoms with van der Waals surface area (Å²) < 4.78 is 11.1. The Kier molecular flexibility index (Phi) is 4.98. The van der Waals surface area contributed by atoms with Crippen LogP contribution >= 0.6 is 0 Å². The highest BCUT2D eigenvalue weighted by Gasteiger charge is 2.32. The number of ketones is 1. The SMILES string of the molecule is O=C1/C(=C/c2ccco2)Oc2c1ccc(O)c2CN1CCN(CCO)CC1. The second-order valence-electron chi connectivity index (χ2n) is 6.74. The number of Topliss-reactive ketones (excluding diaryl/α,β-unsaturated/α-hetero) is 1. The van der Waals surface area contributed by atoms with Crippen molar-refractivity contribution in [3.8, 4) is 11.5 Å². The first-order valence-electron chi connectivity index (χ1n) is 9.04. The number of hydrogen-bond acceptors (Lipinski definition) is 7. The molecule has 1 aromatic heterocycles. The molecule has 0 atom stereocenters. The number of piperazine rings is 1. The molecule has 2 N–H and O–H groups in total. The lowest BCUT2D eigenvalue weighted by Crippen LogP contribution is -2.46. The summed E-state index contributed by atoms with van der Waals surface area (Å²) in [7, 11) is 0. The number of aliphatic hydroxyl groups is 1. The van der Waals surface area contributed by atoms with Crippen LogP contribution in [0.25, 0.3) is 6.08 Å². The van der Waals surface area contributed by atoms with Crippen molar-refractivity contribution >= 4 is 11.9 Å². The first kappa shape index (κ1) is 17.8. The average Bonchev–Trinajstić information content (AvgIpc) is 3.28. The zero-order chi connectivity index (χ0) is 18.8. The topological polar surface area (TPSA) is 86.4 Å². The third-order valence-electron chi connectivity index (χ3n) is 5.00. The van der Waals surface area contributed by atoms with Gasteiger partial charge in [0.05, 0.1) is 24.0 Å². The van der Waals surface area contributed by atoms with Gasteiger partial charge in [0.15, 0.2) is 5.76 Å². The number of β-amino-alcohol motifs (C(OH)–C–C–N with tert-alkyl or cyclic N) is 1. The Morgan fingerprint density at radius 3 is 2.59 bits per heavy atom. The van der Waals surface area contributed by atoms with Gasteiger partial charge in [0.2, 0.25) is 5.78 Å². The van der Waals surface area contributed by atoms with Gasteiger partial charge in [-0.1, -0.05) is 0 Å². The van der Waals surface area contributed by atoms with Gasteiger partial charge in [-0.15, -0.1) is 0 Å². The monoisotopic (exact) mass is 370 g/mol. The molecule has 3 heterocycles. The number of fused-ring (bicyclic) bond motifs is 1. The van der Waals surface area contributed by atoms with Crippen molar-refractivity contribution < 1.29 is 24.2 Å². The molecule has 0 saturated carbocycles. The fourth-order valence-corrected chi connectivity index (χ4v) is 3.49. The summed E-state index contributed by atoms with van der Waals surface area (Å²) in [5, 5.41) is 19.4. The minimum absolute atomic E-state index is 0.124. The molecular formula is C20H22N2O5. The zero-order valence-electron chi connectivity index (χ0n) is 14.9. The number of phenols is 1. The van der Waals surface area contributed by atoms with Gasteiger partial charge in [-0.25, -0.2) is 0 Å². The predicted molar refractivity (Wildman–Crippen MR) is 98.6 cm³/mol. The second kappa shape index (κ2) is 7.56. The molecule has 7 heteroatoms. The third-order valence-corrected chi connectivity index (χ3v) is 5.00. The lowest BCUT2D eigenvalue weighted by Gasteiger charge is -2.34. The second-order valence-corrected chi connectivity index (χ2v) is 6.74. The summed E-state index contributed by atoms with van der Waals surface area (Å²) in [6.45, 7) is 4.72. The van der Waals surface area contributed by atoms with Gasteiger partial charge in [0.25, 0.3) is 0 Å². The predicted octanol–water partition coefficient (Wildman–Crippen LogP) is 1.71. The van der Waals surface area contributed by atoms with Crippen LogP contribution in [0.3, 0.4) is 0 Å². The van der Waals surface area contributed by atoms with E-state index in [9.17, 15) is 9.90 Å². The van der Waals surface area contributed by atoms with E-state index < -0.39 is 0 Å². The van der Waals surface area contributed by atoms with E-state index in [-0.39, 0.29) is 23.9 Å². The lowest BCUT2D eigenvalue weighted by atomic mass is 10.0. The van der Waals surface area contributed by atoms with Crippen LogP contribution in [0.2, 0.25) is 0 Å². The number of carbonyl (C=O) groups excluding carboxylic acids is 1. The maximum atomic E-state index is 12.6. The Labute approximate surface area is 157 Å². The third kappa shape index (κ3) is 3.62. The van der Waals surface area contributed by atoms with Crippen molar-refractivity contribution in [1.29, 1.82) is 0 Å². The molecular weight excluding hydrogens is 348 g/mol. The Morgan fingerprint density at radius 1 is 1.11 bits per heavy atom. The largest absolute Gasteiger partial charge is 0.507 e. The van der Waals surface area contributed by atoms with Crippen LogP contribution in [-0.2, 0) is 6.54 Å². The van der Waals surface area contributed by atoms with E-state index in [1.54, 1.807) is 30.3 Å². The molecule has 0 amide bonds. The number of hydrogen-bond donors (Lipinski definition) is 2. The fraction of sp³-hybridized carbons (Fsp3) is 0.350. The molecule has 0 aliphatic carbocycles. The summed E-state index contributed by atoms with van der Waals surface area (Å²) in [6, 6.07) is 6.63. The van der Waals surface area contributed by atoms with Crippen LogP contribution in [0.4, 0.5) is 0 Å². The molecule has 2 aliphatic rings. The molecule has 142 valence electrons. The number of allylic oxidation sites excluding steroid dienone is 1. The van der Waals surface area contributed by atoms with Crippen molar-refractivity contribution in [3.63, 3.8) is 0 Å². The zero-order valence-corrected chi connectivity index (χ0v) is 14.9. The van der Waals surface area contributed by atoms with E-state index in [1.807, 2.05) is 0 Å². The van der Waals surface area contributed by atoms with Gasteiger partial charge in [-0.2, -0.15) is 0 Å². The van der Waals surface area contributed by atoms with E-state index in [0.29, 0.717) is 35.7 Å². The van der Waals surface area contributed by atoms with Gasteiger partial charge >= 0.3 is 0 Å². The number of benzene rings is 1. The van der Waals surface area contributed by atoms with E-state index in [4.69, 9.17) is 14.3 Å². The highest BCUT2D eigenvalue weighted by atomic mass is 16.5. The number of furan rings is 1. The number of aromatic hydroxyl groups is 1. The normalized spacial score (nSPS) is 19.4. The Morgan fingerprint density at radius 2 is 1.89 bits per heavy atom. The first-order chi connectivity index (χ1) is 13.2. The van der Waals surface area contributed by atoms with Crippen molar-refractivity contribution in [2.45, 2.75) is 6.54 Å². The molecule has 27 heavy (non-hydrogen) atoms. The van der Waals surface area contributed by atoms with E-state index in [1.165, 1.54) is 6.26 Å². The highest BCUT2D eigenvalue weighted by Crippen LogP contribution is 2.40. The molecule has 1 saturated heterocycles. The van der Waals surface area contributed by atoms with E-state index >= 15 is 0 Å². The molecule has 7 nitrogen and oxygen atoms in total. The lowest BCUT2D eigenvalue weighted by molar-refractivity contribution is 0.101. The summed E-state index contributed by atoms with van der Waals surface area (Å²) in [4.78, 5) is 17.1. The maximum absolute atomic E-state index is 12.6. The highest BCUT2D eigenvalue weighted by molar-refractivity contribution is 6.14. The molecule has 0 spiro atoms. The van der Waals surface area contributed by atoms with Crippen molar-refractivity contribution in [2.75, 3.05) is 39.3 Å². The Bertz CT molecular complexity index is 852. The van der Waals surface area contributed by atoms with Gasteiger partial charge in [-0.05, 0) is 24.3 Å². The smallest absolute Gasteiger partial charge is 0.232 e. The summed E-state index contributed by atoms with van der Waals surface area (Å²) in [5.41, 5.74) is 1.08. The van der Waals surface area contributed by atoms with Crippen molar-refractivity contribution in [1.82, 2.24) is 9.80 Å². The molecule has 1 aromatic carbocycles.